The molecule has 0 atom stereocenters. The summed E-state index contributed by atoms with van der Waals surface area (Å²) in [5.41, 5.74) is 0.0739. The van der Waals surface area contributed by atoms with E-state index in [9.17, 15) is 18.0 Å². The molecule has 2 aliphatic heterocycles. The summed E-state index contributed by atoms with van der Waals surface area (Å²) in [6.07, 6.45) is 2.18. The number of anilines is 3. The van der Waals surface area contributed by atoms with Crippen LogP contribution in [0.25, 0.3) is 0 Å². The molecular formula is C25H35F3N8O2. The van der Waals surface area contributed by atoms with Gasteiger partial charge in [-0.15, -0.1) is 0 Å². The minimum absolute atomic E-state index is 0.0575. The molecule has 0 unspecified atom stereocenters. The third-order valence-corrected chi connectivity index (χ3v) is 7.70. The number of amides is 1. The van der Waals surface area contributed by atoms with Gasteiger partial charge in [-0.2, -0.15) is 23.3 Å². The summed E-state index contributed by atoms with van der Waals surface area (Å²) in [6, 6.07) is 0.281. The highest BCUT2D eigenvalue weighted by molar-refractivity contribution is 5.85. The summed E-state index contributed by atoms with van der Waals surface area (Å²) in [7, 11) is 2.09. The minimum Gasteiger partial charge on any atom is -0.378 e. The van der Waals surface area contributed by atoms with Crippen LogP contribution in [-0.4, -0.2) is 88.4 Å². The Morgan fingerprint density at radius 2 is 1.97 bits per heavy atom. The zero-order valence-electron chi connectivity index (χ0n) is 21.9. The monoisotopic (exact) mass is 536 g/mol. The van der Waals surface area contributed by atoms with Crippen LogP contribution in [0.1, 0.15) is 49.4 Å². The Balaban J connectivity index is 1.23. The molecule has 5 rings (SSSR count). The lowest BCUT2D eigenvalue weighted by Crippen LogP contribution is -2.38. The van der Waals surface area contributed by atoms with Gasteiger partial charge in [0.05, 0.1) is 36.1 Å². The molecule has 10 nitrogen and oxygen atoms in total. The summed E-state index contributed by atoms with van der Waals surface area (Å²) in [6.45, 7) is 5.94. The Kier molecular flexibility index (Phi) is 7.49. The first kappa shape index (κ1) is 26.7. The largest absolute Gasteiger partial charge is 0.421 e. The first-order valence-corrected chi connectivity index (χ1v) is 13.2. The van der Waals surface area contributed by atoms with E-state index < -0.39 is 11.7 Å². The Bertz CT molecular complexity index is 1140. The highest BCUT2D eigenvalue weighted by Gasteiger charge is 2.52. The lowest BCUT2D eigenvalue weighted by Gasteiger charge is -2.28. The van der Waals surface area contributed by atoms with Crippen molar-refractivity contribution in [2.45, 2.75) is 51.2 Å². The fraction of sp³-hybridized carbons (Fsp3) is 0.680. The van der Waals surface area contributed by atoms with E-state index in [1.54, 1.807) is 4.90 Å². The van der Waals surface area contributed by atoms with Crippen molar-refractivity contribution in [1.29, 1.82) is 0 Å². The number of hydrogen-bond acceptors (Lipinski definition) is 8. The Labute approximate surface area is 219 Å². The summed E-state index contributed by atoms with van der Waals surface area (Å²) in [5, 5.41) is 10.5. The van der Waals surface area contributed by atoms with Crippen LogP contribution in [0.2, 0.25) is 0 Å². The molecule has 1 saturated carbocycles. The normalized spacial score (nSPS) is 20.6. The molecule has 13 heteroatoms. The van der Waals surface area contributed by atoms with Gasteiger partial charge in [-0.25, -0.2) is 4.98 Å². The van der Waals surface area contributed by atoms with Crippen molar-refractivity contribution in [3.63, 3.8) is 0 Å². The maximum atomic E-state index is 13.7. The molecule has 38 heavy (non-hydrogen) atoms. The average Bonchev–Trinajstić information content (AvgIpc) is 3.61. The third-order valence-electron chi connectivity index (χ3n) is 7.70. The number of aromatic nitrogens is 4. The minimum atomic E-state index is -4.60. The van der Waals surface area contributed by atoms with Crippen molar-refractivity contribution in [2.75, 3.05) is 63.6 Å². The molecule has 1 aliphatic carbocycles. The van der Waals surface area contributed by atoms with Crippen LogP contribution in [0.3, 0.4) is 0 Å². The van der Waals surface area contributed by atoms with Gasteiger partial charge in [0.15, 0.2) is 0 Å². The van der Waals surface area contributed by atoms with Gasteiger partial charge in [0.25, 0.3) is 0 Å². The van der Waals surface area contributed by atoms with Crippen molar-refractivity contribution >= 4 is 23.4 Å². The molecule has 2 aromatic heterocycles. The van der Waals surface area contributed by atoms with Gasteiger partial charge in [-0.05, 0) is 59.2 Å². The zero-order valence-corrected chi connectivity index (χ0v) is 21.9. The van der Waals surface area contributed by atoms with E-state index in [0.29, 0.717) is 38.4 Å². The first-order chi connectivity index (χ1) is 18.1. The first-order valence-electron chi connectivity index (χ1n) is 13.2. The third kappa shape index (κ3) is 5.88. The van der Waals surface area contributed by atoms with Crippen molar-refractivity contribution in [3.05, 3.63) is 23.7 Å². The predicted molar refractivity (Wildman–Crippen MR) is 135 cm³/mol. The number of aryl methyl sites for hydroxylation is 1. The van der Waals surface area contributed by atoms with Crippen molar-refractivity contribution < 1.29 is 22.7 Å². The number of likely N-dealkylation sites (tertiary alicyclic amines) is 1. The van der Waals surface area contributed by atoms with Gasteiger partial charge < -0.3 is 25.2 Å². The topological polar surface area (TPSA) is 100 Å². The summed E-state index contributed by atoms with van der Waals surface area (Å²) >= 11 is 0. The molecule has 3 fully saturated rings. The molecule has 1 spiro atoms. The number of halogens is 3. The van der Waals surface area contributed by atoms with Crippen LogP contribution in [0, 0.1) is 12.3 Å². The van der Waals surface area contributed by atoms with Gasteiger partial charge in [-0.3, -0.25) is 9.48 Å². The second kappa shape index (κ2) is 10.7. The number of nitrogens with one attached hydrogen (secondary N) is 2. The molecule has 1 amide bonds. The lowest BCUT2D eigenvalue weighted by molar-refractivity contribution is -0.137. The fourth-order valence-electron chi connectivity index (χ4n) is 5.10. The number of nitrogens with zero attached hydrogens (tertiary/aromatic N) is 6. The average molecular weight is 537 g/mol. The second-order valence-electron chi connectivity index (χ2n) is 10.6. The summed E-state index contributed by atoms with van der Waals surface area (Å²) in [5.74, 6) is -0.141. The molecule has 4 heterocycles. The molecule has 2 aromatic rings. The van der Waals surface area contributed by atoms with E-state index in [4.69, 9.17) is 4.74 Å². The maximum Gasteiger partial charge on any atom is 0.421 e. The summed E-state index contributed by atoms with van der Waals surface area (Å²) in [4.78, 5) is 24.9. The van der Waals surface area contributed by atoms with Crippen LogP contribution >= 0.6 is 0 Å². The standard InChI is InChI=1S/C25H35F3N8O2/c1-17-20(15-36(33-17)18-4-10-34(2)11-5-18)31-23-30-14-19(25(26,27)28)21(32-23)29-8-3-9-35-12-13-38-16-24(6-7-24)22(35)37/h14-15,18H,3-13,16H2,1-2H3,(H2,29,30,31,32). The Hall–Kier alpha value is -2.93. The molecule has 0 radical (unpaired) electrons. The number of alkyl halides is 3. The number of rotatable bonds is 8. The predicted octanol–water partition coefficient (Wildman–Crippen LogP) is 3.45. The highest BCUT2D eigenvalue weighted by Crippen LogP contribution is 2.48. The number of carbonyl (C=O) groups is 1. The maximum absolute atomic E-state index is 13.7. The molecular weight excluding hydrogens is 501 g/mol. The van der Waals surface area contributed by atoms with E-state index in [1.165, 1.54) is 0 Å². The van der Waals surface area contributed by atoms with Gasteiger partial charge in [-0.1, -0.05) is 0 Å². The zero-order chi connectivity index (χ0) is 26.9. The van der Waals surface area contributed by atoms with Crippen LogP contribution in [-0.2, 0) is 15.7 Å². The van der Waals surface area contributed by atoms with Gasteiger partial charge in [0, 0.05) is 32.0 Å². The smallest absolute Gasteiger partial charge is 0.378 e. The van der Waals surface area contributed by atoms with Crippen molar-refractivity contribution in [2.24, 2.45) is 5.41 Å². The van der Waals surface area contributed by atoms with Gasteiger partial charge >= 0.3 is 6.18 Å². The molecule has 3 aliphatic rings. The van der Waals surface area contributed by atoms with E-state index >= 15 is 0 Å². The number of carbonyl (C=O) groups excluding carboxylic acids is 1. The van der Waals surface area contributed by atoms with Crippen molar-refractivity contribution in [3.8, 4) is 0 Å². The van der Waals surface area contributed by atoms with Crippen LogP contribution in [0.4, 0.5) is 30.6 Å². The van der Waals surface area contributed by atoms with E-state index in [2.05, 4.69) is 37.6 Å². The highest BCUT2D eigenvalue weighted by atomic mass is 19.4. The number of hydrogen-bond donors (Lipinski definition) is 2. The summed E-state index contributed by atoms with van der Waals surface area (Å²) < 4.78 is 48.5. The molecule has 0 aromatic carbocycles. The van der Waals surface area contributed by atoms with E-state index in [-0.39, 0.29) is 35.7 Å². The molecule has 2 saturated heterocycles. The molecule has 2 N–H and O–H groups in total. The Morgan fingerprint density at radius 3 is 2.68 bits per heavy atom. The van der Waals surface area contributed by atoms with E-state index in [1.807, 2.05) is 17.8 Å². The second-order valence-corrected chi connectivity index (χ2v) is 10.6. The van der Waals surface area contributed by atoms with Crippen molar-refractivity contribution in [1.82, 2.24) is 29.5 Å². The SMILES string of the molecule is Cc1nn(C2CCN(C)CC2)cc1Nc1ncc(C(F)(F)F)c(NCCCN2CCOCC3(CC3)C2=O)n1. The lowest BCUT2D eigenvalue weighted by atomic mass is 10.1. The van der Waals surface area contributed by atoms with Crippen LogP contribution in [0.5, 0.6) is 0 Å². The van der Waals surface area contributed by atoms with E-state index in [0.717, 1.165) is 50.7 Å². The van der Waals surface area contributed by atoms with Crippen LogP contribution in [0.15, 0.2) is 12.4 Å². The molecule has 208 valence electrons. The van der Waals surface area contributed by atoms with Crippen LogP contribution < -0.4 is 10.6 Å². The molecule has 0 bridgehead atoms. The quantitative estimate of drug-likeness (QED) is 0.495. The number of ether oxygens (including phenoxy) is 1. The van der Waals surface area contributed by atoms with Gasteiger partial charge in [0.1, 0.15) is 11.4 Å². The van der Waals surface area contributed by atoms with Gasteiger partial charge in [0.2, 0.25) is 11.9 Å². The Morgan fingerprint density at radius 1 is 1.21 bits per heavy atom. The fourth-order valence-corrected chi connectivity index (χ4v) is 5.10. The number of piperidine rings is 1.